The predicted molar refractivity (Wildman–Crippen MR) is 73.8 cm³/mol. The molecule has 1 heterocycles. The molecular formula is C14H26N2O3. The molecule has 0 radical (unpaired) electrons. The number of aliphatic carboxylic acids is 1. The van der Waals surface area contributed by atoms with Crippen LogP contribution in [0.25, 0.3) is 0 Å². The molecule has 0 bridgehead atoms. The minimum Gasteiger partial charge on any atom is -0.480 e. The Morgan fingerprint density at radius 2 is 1.84 bits per heavy atom. The number of hydrogen-bond acceptors (Lipinski definition) is 3. The van der Waals surface area contributed by atoms with Crippen LogP contribution in [0.2, 0.25) is 0 Å². The lowest BCUT2D eigenvalue weighted by Crippen LogP contribution is -2.58. The molecule has 1 aliphatic rings. The monoisotopic (exact) mass is 270 g/mol. The average molecular weight is 270 g/mol. The Labute approximate surface area is 115 Å². The molecule has 1 fully saturated rings. The normalized spacial score (nSPS) is 30.1. The van der Waals surface area contributed by atoms with Crippen LogP contribution in [0.3, 0.4) is 0 Å². The first kappa shape index (κ1) is 16.0. The molecule has 0 aromatic heterocycles. The summed E-state index contributed by atoms with van der Waals surface area (Å²) >= 11 is 0. The minimum atomic E-state index is -1.01. The van der Waals surface area contributed by atoms with E-state index in [9.17, 15) is 9.59 Å². The SMILES string of the molecule is CC1CN(C(C)(C)C(=O)N[C@@H](C)C(=O)O)C(C)C1C. The first-order valence-electron chi connectivity index (χ1n) is 6.89. The molecule has 5 heteroatoms. The number of carboxylic acids is 1. The molecule has 0 aromatic carbocycles. The second kappa shape index (κ2) is 5.49. The lowest BCUT2D eigenvalue weighted by atomic mass is 9.94. The molecule has 4 atom stereocenters. The van der Waals surface area contributed by atoms with Crippen molar-refractivity contribution in [3.8, 4) is 0 Å². The zero-order chi connectivity index (χ0) is 15.0. The van der Waals surface area contributed by atoms with Crippen LogP contribution in [-0.4, -0.2) is 46.1 Å². The number of carboxylic acid groups (broad SMARTS) is 1. The average Bonchev–Trinajstić information content (AvgIpc) is 2.57. The first-order chi connectivity index (χ1) is 8.59. The molecule has 1 saturated heterocycles. The lowest BCUT2D eigenvalue weighted by Gasteiger charge is -2.38. The number of nitrogens with zero attached hydrogens (tertiary/aromatic N) is 1. The van der Waals surface area contributed by atoms with Gasteiger partial charge in [-0.2, -0.15) is 0 Å². The van der Waals surface area contributed by atoms with E-state index in [1.54, 1.807) is 0 Å². The van der Waals surface area contributed by atoms with Crippen LogP contribution >= 0.6 is 0 Å². The smallest absolute Gasteiger partial charge is 0.325 e. The van der Waals surface area contributed by atoms with E-state index in [4.69, 9.17) is 5.11 Å². The van der Waals surface area contributed by atoms with E-state index in [0.29, 0.717) is 17.9 Å². The van der Waals surface area contributed by atoms with Gasteiger partial charge in [0.15, 0.2) is 0 Å². The van der Waals surface area contributed by atoms with Gasteiger partial charge in [0.05, 0.1) is 5.54 Å². The third-order valence-corrected chi connectivity index (χ3v) is 4.63. The zero-order valence-electron chi connectivity index (χ0n) is 12.7. The van der Waals surface area contributed by atoms with Crippen LogP contribution in [0.5, 0.6) is 0 Å². The number of nitrogens with one attached hydrogen (secondary N) is 1. The highest BCUT2D eigenvalue weighted by atomic mass is 16.4. The summed E-state index contributed by atoms with van der Waals surface area (Å²) in [6.45, 7) is 12.6. The van der Waals surface area contributed by atoms with Crippen molar-refractivity contribution in [3.63, 3.8) is 0 Å². The molecule has 0 aliphatic carbocycles. The summed E-state index contributed by atoms with van der Waals surface area (Å²) < 4.78 is 0. The Morgan fingerprint density at radius 1 is 1.32 bits per heavy atom. The van der Waals surface area contributed by atoms with Crippen molar-refractivity contribution in [1.82, 2.24) is 10.2 Å². The molecular weight excluding hydrogens is 244 g/mol. The Hall–Kier alpha value is -1.10. The van der Waals surface area contributed by atoms with Crippen LogP contribution in [0.4, 0.5) is 0 Å². The number of carbonyl (C=O) groups is 2. The van der Waals surface area contributed by atoms with E-state index in [-0.39, 0.29) is 5.91 Å². The fourth-order valence-electron chi connectivity index (χ4n) is 2.70. The van der Waals surface area contributed by atoms with Gasteiger partial charge in [0.1, 0.15) is 6.04 Å². The van der Waals surface area contributed by atoms with Gasteiger partial charge in [-0.25, -0.2) is 0 Å². The second-order valence-electron chi connectivity index (χ2n) is 6.32. The van der Waals surface area contributed by atoms with Crippen molar-refractivity contribution >= 4 is 11.9 Å². The van der Waals surface area contributed by atoms with Gasteiger partial charge in [-0.1, -0.05) is 13.8 Å². The molecule has 19 heavy (non-hydrogen) atoms. The summed E-state index contributed by atoms with van der Waals surface area (Å²) in [6.07, 6.45) is 0. The molecule has 0 saturated carbocycles. The molecule has 1 aliphatic heterocycles. The number of carbonyl (C=O) groups excluding carboxylic acids is 1. The number of amides is 1. The third-order valence-electron chi connectivity index (χ3n) is 4.63. The largest absolute Gasteiger partial charge is 0.480 e. The quantitative estimate of drug-likeness (QED) is 0.808. The summed E-state index contributed by atoms with van der Waals surface area (Å²) in [5.74, 6) is -0.168. The highest BCUT2D eigenvalue weighted by molar-refractivity contribution is 5.89. The van der Waals surface area contributed by atoms with E-state index < -0.39 is 17.6 Å². The van der Waals surface area contributed by atoms with Crippen LogP contribution in [-0.2, 0) is 9.59 Å². The molecule has 0 spiro atoms. The number of likely N-dealkylation sites (tertiary alicyclic amines) is 1. The van der Waals surface area contributed by atoms with Crippen LogP contribution in [0.1, 0.15) is 41.5 Å². The lowest BCUT2D eigenvalue weighted by molar-refractivity contribution is -0.143. The summed E-state index contributed by atoms with van der Waals surface area (Å²) in [7, 11) is 0. The van der Waals surface area contributed by atoms with Crippen molar-refractivity contribution < 1.29 is 14.7 Å². The van der Waals surface area contributed by atoms with Crippen molar-refractivity contribution in [1.29, 1.82) is 0 Å². The molecule has 1 rings (SSSR count). The van der Waals surface area contributed by atoms with Gasteiger partial charge in [-0.15, -0.1) is 0 Å². The van der Waals surface area contributed by atoms with E-state index in [1.165, 1.54) is 6.92 Å². The summed E-state index contributed by atoms with van der Waals surface area (Å²) in [5.41, 5.74) is -0.692. The van der Waals surface area contributed by atoms with Crippen molar-refractivity contribution in [2.45, 2.75) is 59.2 Å². The van der Waals surface area contributed by atoms with Crippen LogP contribution in [0, 0.1) is 11.8 Å². The van der Waals surface area contributed by atoms with Crippen molar-refractivity contribution in [3.05, 3.63) is 0 Å². The van der Waals surface area contributed by atoms with Gasteiger partial charge >= 0.3 is 5.97 Å². The number of hydrogen-bond donors (Lipinski definition) is 2. The van der Waals surface area contributed by atoms with Gasteiger partial charge in [-0.05, 0) is 39.5 Å². The Bertz CT molecular complexity index is 368. The first-order valence-corrected chi connectivity index (χ1v) is 6.89. The Morgan fingerprint density at radius 3 is 2.21 bits per heavy atom. The molecule has 110 valence electrons. The number of rotatable bonds is 4. The van der Waals surface area contributed by atoms with E-state index in [0.717, 1.165) is 6.54 Å². The summed E-state index contributed by atoms with van der Waals surface area (Å²) in [6, 6.07) is -0.546. The van der Waals surface area contributed by atoms with E-state index in [1.807, 2.05) is 13.8 Å². The molecule has 2 N–H and O–H groups in total. The van der Waals surface area contributed by atoms with Gasteiger partial charge in [0.25, 0.3) is 0 Å². The van der Waals surface area contributed by atoms with Gasteiger partial charge < -0.3 is 10.4 Å². The third kappa shape index (κ3) is 3.08. The fourth-order valence-corrected chi connectivity index (χ4v) is 2.70. The highest BCUT2D eigenvalue weighted by Gasteiger charge is 2.45. The Kier molecular flexibility index (Phi) is 4.61. The zero-order valence-corrected chi connectivity index (χ0v) is 12.7. The molecule has 1 amide bonds. The highest BCUT2D eigenvalue weighted by Crippen LogP contribution is 2.34. The fraction of sp³-hybridized carbons (Fsp3) is 0.857. The maximum atomic E-state index is 12.3. The van der Waals surface area contributed by atoms with Crippen molar-refractivity contribution in [2.75, 3.05) is 6.54 Å². The van der Waals surface area contributed by atoms with E-state index >= 15 is 0 Å². The van der Waals surface area contributed by atoms with Crippen molar-refractivity contribution in [2.24, 2.45) is 11.8 Å². The molecule has 3 unspecified atom stereocenters. The van der Waals surface area contributed by atoms with Crippen LogP contribution < -0.4 is 5.32 Å². The van der Waals surface area contributed by atoms with Gasteiger partial charge in [-0.3, -0.25) is 14.5 Å². The van der Waals surface area contributed by atoms with E-state index in [2.05, 4.69) is 31.0 Å². The van der Waals surface area contributed by atoms with Crippen LogP contribution in [0.15, 0.2) is 0 Å². The van der Waals surface area contributed by atoms with Gasteiger partial charge in [0.2, 0.25) is 5.91 Å². The predicted octanol–water partition coefficient (Wildman–Crippen LogP) is 1.33. The summed E-state index contributed by atoms with van der Waals surface area (Å²) in [5, 5.41) is 11.4. The summed E-state index contributed by atoms with van der Waals surface area (Å²) in [4.78, 5) is 25.3. The van der Waals surface area contributed by atoms with Gasteiger partial charge in [0, 0.05) is 12.6 Å². The standard InChI is InChI=1S/C14H26N2O3/c1-8-7-16(11(4)9(8)2)14(5,6)13(19)15-10(3)12(17)18/h8-11H,7H2,1-6H3,(H,15,19)(H,17,18)/t8?,9?,10-,11?/m0/s1. The second-order valence-corrected chi connectivity index (χ2v) is 6.32. The Balaban J connectivity index is 2.80. The minimum absolute atomic E-state index is 0.226. The maximum absolute atomic E-state index is 12.3. The topological polar surface area (TPSA) is 69.6 Å². The molecule has 5 nitrogen and oxygen atoms in total. The molecule has 0 aromatic rings. The maximum Gasteiger partial charge on any atom is 0.325 e.